The van der Waals surface area contributed by atoms with E-state index in [1.165, 1.54) is 46.3 Å². The van der Waals surface area contributed by atoms with Crippen LogP contribution in [0.15, 0.2) is 59.4 Å². The van der Waals surface area contributed by atoms with Gasteiger partial charge < -0.3 is 4.90 Å². The largest absolute Gasteiger partial charge is 0.416 e. The van der Waals surface area contributed by atoms with Crippen molar-refractivity contribution in [3.63, 3.8) is 0 Å². The Morgan fingerprint density at radius 3 is 2.19 bits per heavy atom. The van der Waals surface area contributed by atoms with Gasteiger partial charge >= 0.3 is 6.18 Å². The Bertz CT molecular complexity index is 1530. The van der Waals surface area contributed by atoms with Crippen LogP contribution in [0.1, 0.15) is 37.8 Å². The SMILES string of the molecule is CC(C)N1C=C2N(C(=O)C(N3CCCC3)CN2S(=O)(=O)c2ccc(Cl)cc2Cl)C(Cc2ccc(C(F)(F)F)cc2)C1=O. The number of nitrogens with zero attached hydrogens (tertiary/aromatic N) is 4. The van der Waals surface area contributed by atoms with Crippen molar-refractivity contribution < 1.29 is 31.2 Å². The molecule has 0 N–H and O–H groups in total. The highest BCUT2D eigenvalue weighted by molar-refractivity contribution is 7.89. The molecule has 226 valence electrons. The van der Waals surface area contributed by atoms with E-state index in [0.29, 0.717) is 18.7 Å². The fourth-order valence-corrected chi connectivity index (χ4v) is 7.82. The van der Waals surface area contributed by atoms with Crippen LogP contribution in [0.4, 0.5) is 13.2 Å². The van der Waals surface area contributed by atoms with Crippen molar-refractivity contribution in [3.8, 4) is 0 Å². The molecule has 2 atom stereocenters. The maximum atomic E-state index is 14.2. The number of fused-ring (bicyclic) bond motifs is 1. The van der Waals surface area contributed by atoms with Gasteiger partial charge in [0.2, 0.25) is 11.8 Å². The number of benzene rings is 2. The first-order valence-electron chi connectivity index (χ1n) is 13.4. The second-order valence-electron chi connectivity index (χ2n) is 10.8. The van der Waals surface area contributed by atoms with Gasteiger partial charge in [0.25, 0.3) is 10.0 Å². The van der Waals surface area contributed by atoms with Crippen molar-refractivity contribution >= 4 is 45.0 Å². The van der Waals surface area contributed by atoms with Gasteiger partial charge in [-0.05, 0) is 75.7 Å². The van der Waals surface area contributed by atoms with Crippen molar-refractivity contribution in [1.29, 1.82) is 0 Å². The number of amides is 2. The summed E-state index contributed by atoms with van der Waals surface area (Å²) in [5.74, 6) is -0.928. The third-order valence-corrected chi connectivity index (χ3v) is 10.3. The Hall–Kier alpha value is -2.80. The Morgan fingerprint density at radius 2 is 1.62 bits per heavy atom. The summed E-state index contributed by atoms with van der Waals surface area (Å²) in [6.45, 7) is 4.44. The Morgan fingerprint density at radius 1 is 0.976 bits per heavy atom. The van der Waals surface area contributed by atoms with E-state index in [1.807, 2.05) is 4.90 Å². The third kappa shape index (κ3) is 5.61. The predicted octanol–water partition coefficient (Wildman–Crippen LogP) is 4.97. The number of carbonyl (C=O) groups is 2. The van der Waals surface area contributed by atoms with Crippen LogP contribution >= 0.6 is 23.2 Å². The van der Waals surface area contributed by atoms with Crippen molar-refractivity contribution in [3.05, 3.63) is 75.7 Å². The van der Waals surface area contributed by atoms with E-state index in [2.05, 4.69) is 0 Å². The summed E-state index contributed by atoms with van der Waals surface area (Å²) in [5.41, 5.74) is -0.455. The molecule has 2 aromatic rings. The average molecular weight is 646 g/mol. The third-order valence-electron chi connectivity index (χ3n) is 7.78. The monoisotopic (exact) mass is 644 g/mol. The first-order chi connectivity index (χ1) is 19.7. The summed E-state index contributed by atoms with van der Waals surface area (Å²) in [4.78, 5) is 32.2. The zero-order chi connectivity index (χ0) is 30.6. The second-order valence-corrected chi connectivity index (χ2v) is 13.5. The number of alkyl halides is 3. The molecule has 2 amide bonds. The van der Waals surface area contributed by atoms with E-state index >= 15 is 0 Å². The number of hydrogen-bond donors (Lipinski definition) is 0. The lowest BCUT2D eigenvalue weighted by molar-refractivity contribution is -0.152. The fourth-order valence-electron chi connectivity index (χ4n) is 5.62. The van der Waals surface area contributed by atoms with Crippen LogP contribution < -0.4 is 0 Å². The summed E-state index contributed by atoms with van der Waals surface area (Å²) >= 11 is 12.4. The summed E-state index contributed by atoms with van der Waals surface area (Å²) < 4.78 is 69.0. The van der Waals surface area contributed by atoms with E-state index in [1.54, 1.807) is 13.8 Å². The van der Waals surface area contributed by atoms with Gasteiger partial charge in [-0.15, -0.1) is 0 Å². The molecule has 2 unspecified atom stereocenters. The lowest BCUT2D eigenvalue weighted by atomic mass is 9.98. The molecular weight excluding hydrogens is 616 g/mol. The highest BCUT2D eigenvalue weighted by atomic mass is 35.5. The fraction of sp³-hybridized carbons (Fsp3) is 0.429. The lowest BCUT2D eigenvalue weighted by Gasteiger charge is -2.50. The van der Waals surface area contributed by atoms with Crippen molar-refractivity contribution in [1.82, 2.24) is 19.0 Å². The van der Waals surface area contributed by atoms with E-state index < -0.39 is 51.7 Å². The van der Waals surface area contributed by atoms with Gasteiger partial charge in [-0.1, -0.05) is 35.3 Å². The number of carbonyl (C=O) groups excluding carboxylic acids is 2. The van der Waals surface area contributed by atoms with Crippen LogP contribution in [0.2, 0.25) is 10.0 Å². The van der Waals surface area contributed by atoms with Crippen molar-refractivity contribution in [2.24, 2.45) is 0 Å². The van der Waals surface area contributed by atoms with E-state index in [4.69, 9.17) is 23.2 Å². The molecule has 14 heteroatoms. The van der Waals surface area contributed by atoms with Crippen molar-refractivity contribution in [2.75, 3.05) is 19.6 Å². The summed E-state index contributed by atoms with van der Waals surface area (Å²) in [6.07, 6.45) is -1.64. The van der Waals surface area contributed by atoms with Gasteiger partial charge in [-0.2, -0.15) is 13.2 Å². The van der Waals surface area contributed by atoms with Gasteiger partial charge in [0.1, 0.15) is 22.8 Å². The molecular formula is C28H29Cl2F3N4O4S. The van der Waals surface area contributed by atoms with Gasteiger partial charge in [0.15, 0.2) is 0 Å². The molecule has 0 bridgehead atoms. The molecule has 0 aromatic heterocycles. The van der Waals surface area contributed by atoms with Gasteiger partial charge in [-0.25, -0.2) is 12.7 Å². The lowest BCUT2D eigenvalue weighted by Crippen LogP contribution is -2.67. The minimum atomic E-state index is -4.53. The molecule has 0 radical (unpaired) electrons. The average Bonchev–Trinajstić information content (AvgIpc) is 3.44. The Labute approximate surface area is 252 Å². The van der Waals surface area contributed by atoms with E-state index in [-0.39, 0.29) is 33.7 Å². The number of sulfonamides is 1. The maximum Gasteiger partial charge on any atom is 0.416 e. The molecule has 2 aromatic carbocycles. The topological polar surface area (TPSA) is 81.2 Å². The summed E-state index contributed by atoms with van der Waals surface area (Å²) in [5, 5.41) is 0.146. The number of rotatable bonds is 6. The number of likely N-dealkylation sites (tertiary alicyclic amines) is 1. The van der Waals surface area contributed by atoms with Crippen LogP contribution in [-0.2, 0) is 32.2 Å². The van der Waals surface area contributed by atoms with Crippen LogP contribution in [0, 0.1) is 0 Å². The zero-order valence-corrected chi connectivity index (χ0v) is 25.1. The first-order valence-corrected chi connectivity index (χ1v) is 15.6. The van der Waals surface area contributed by atoms with Gasteiger partial charge in [-0.3, -0.25) is 19.4 Å². The van der Waals surface area contributed by atoms with Crippen LogP contribution in [0.3, 0.4) is 0 Å². The molecule has 3 heterocycles. The van der Waals surface area contributed by atoms with Crippen LogP contribution in [0.25, 0.3) is 0 Å². The van der Waals surface area contributed by atoms with Gasteiger partial charge in [0.05, 0.1) is 17.1 Å². The minimum Gasteiger partial charge on any atom is -0.311 e. The quantitative estimate of drug-likeness (QED) is 0.444. The maximum absolute atomic E-state index is 14.2. The van der Waals surface area contributed by atoms with E-state index in [9.17, 15) is 31.2 Å². The second kappa shape index (κ2) is 11.4. The van der Waals surface area contributed by atoms with Crippen LogP contribution in [0.5, 0.6) is 0 Å². The number of halogens is 5. The highest BCUT2D eigenvalue weighted by Gasteiger charge is 2.51. The normalized spacial score (nSPS) is 22.2. The Kier molecular flexibility index (Phi) is 8.29. The van der Waals surface area contributed by atoms with Crippen LogP contribution in [-0.4, -0.2) is 77.0 Å². The number of hydrogen-bond acceptors (Lipinski definition) is 5. The first kappa shape index (κ1) is 30.7. The van der Waals surface area contributed by atoms with Crippen molar-refractivity contribution in [2.45, 2.75) is 62.3 Å². The molecule has 0 spiro atoms. The zero-order valence-electron chi connectivity index (χ0n) is 22.8. The highest BCUT2D eigenvalue weighted by Crippen LogP contribution is 2.38. The molecule has 0 saturated carbocycles. The van der Waals surface area contributed by atoms with Gasteiger partial charge in [0, 0.05) is 23.7 Å². The minimum absolute atomic E-state index is 0.0216. The molecule has 2 saturated heterocycles. The predicted molar refractivity (Wildman–Crippen MR) is 151 cm³/mol. The summed E-state index contributed by atoms with van der Waals surface area (Å²) in [6, 6.07) is 5.90. The molecule has 8 nitrogen and oxygen atoms in total. The smallest absolute Gasteiger partial charge is 0.311 e. The van der Waals surface area contributed by atoms with E-state index in [0.717, 1.165) is 29.3 Å². The molecule has 5 rings (SSSR count). The summed E-state index contributed by atoms with van der Waals surface area (Å²) in [7, 11) is -4.36. The molecule has 0 aliphatic carbocycles. The molecule has 3 aliphatic rings. The molecule has 3 aliphatic heterocycles. The Balaban J connectivity index is 1.63. The molecule has 42 heavy (non-hydrogen) atoms. The standard InChI is InChI=1S/C28H29Cl2F3N4O4S/c1-17(2)35-16-25-36(42(40,41)24-10-9-20(29)14-21(24)30)15-23(34-11-3-4-12-34)27(39)37(25)22(26(35)38)13-18-5-7-19(8-6-18)28(31,32)33/h5-10,14,16-17,22-23H,3-4,11-13,15H2,1-2H3. The molecule has 2 fully saturated rings.